The second-order valence-corrected chi connectivity index (χ2v) is 6.85. The molecular formula is C15H14N4O2S2. The molecule has 0 spiro atoms. The summed E-state index contributed by atoms with van der Waals surface area (Å²) in [4.78, 5) is 17.3. The van der Waals surface area contributed by atoms with Crippen LogP contribution in [0.3, 0.4) is 0 Å². The second-order valence-electron chi connectivity index (χ2n) is 4.62. The predicted molar refractivity (Wildman–Crippen MR) is 90.6 cm³/mol. The van der Waals surface area contributed by atoms with Gasteiger partial charge in [0.1, 0.15) is 5.69 Å². The Morgan fingerprint density at radius 2 is 2.13 bits per heavy atom. The normalized spacial score (nSPS) is 10.7. The third-order valence-corrected chi connectivity index (χ3v) is 4.64. The lowest BCUT2D eigenvalue weighted by Gasteiger charge is -2.01. The first-order valence-corrected chi connectivity index (χ1v) is 8.81. The van der Waals surface area contributed by atoms with E-state index in [1.165, 1.54) is 11.3 Å². The van der Waals surface area contributed by atoms with Crippen molar-refractivity contribution in [3.63, 3.8) is 0 Å². The quantitative estimate of drug-likeness (QED) is 0.687. The molecule has 3 aromatic rings. The van der Waals surface area contributed by atoms with Crippen LogP contribution in [-0.2, 0) is 4.79 Å². The number of thiazole rings is 1. The number of aromatic nitrogens is 3. The fourth-order valence-corrected chi connectivity index (χ4v) is 3.26. The molecule has 118 valence electrons. The van der Waals surface area contributed by atoms with Crippen LogP contribution in [0, 0.1) is 6.92 Å². The standard InChI is InChI=1S/C15H14N4O2S2/c1-10-16-12(9-23-10)14-18-19-15(21-14)17-13(20)7-8-22-11-5-3-2-4-6-11/h2-6,9H,7-8H2,1H3,(H,17,19,20). The molecule has 1 amide bonds. The summed E-state index contributed by atoms with van der Waals surface area (Å²) >= 11 is 3.13. The van der Waals surface area contributed by atoms with E-state index in [9.17, 15) is 4.79 Å². The van der Waals surface area contributed by atoms with E-state index in [1.54, 1.807) is 11.8 Å². The van der Waals surface area contributed by atoms with E-state index >= 15 is 0 Å². The number of thioether (sulfide) groups is 1. The van der Waals surface area contributed by atoms with Crippen molar-refractivity contribution in [2.45, 2.75) is 18.2 Å². The summed E-state index contributed by atoms with van der Waals surface area (Å²) in [6.45, 7) is 1.90. The maximum absolute atomic E-state index is 11.9. The van der Waals surface area contributed by atoms with Gasteiger partial charge in [0, 0.05) is 22.4 Å². The Kier molecular flexibility index (Phi) is 5.04. The van der Waals surface area contributed by atoms with Crippen molar-refractivity contribution < 1.29 is 9.21 Å². The highest BCUT2D eigenvalue weighted by atomic mass is 32.2. The Morgan fingerprint density at radius 1 is 1.30 bits per heavy atom. The van der Waals surface area contributed by atoms with Crippen LogP contribution in [0.4, 0.5) is 6.01 Å². The number of hydrogen-bond donors (Lipinski definition) is 1. The largest absolute Gasteiger partial charge is 0.401 e. The number of nitrogens with zero attached hydrogens (tertiary/aromatic N) is 3. The SMILES string of the molecule is Cc1nc(-c2nnc(NC(=O)CCSc3ccccc3)o2)cs1. The molecule has 2 aromatic heterocycles. The summed E-state index contributed by atoms with van der Waals surface area (Å²) in [5.41, 5.74) is 0.625. The van der Waals surface area contributed by atoms with E-state index in [2.05, 4.69) is 20.5 Å². The highest BCUT2D eigenvalue weighted by Crippen LogP contribution is 2.22. The highest BCUT2D eigenvalue weighted by molar-refractivity contribution is 7.99. The average molecular weight is 346 g/mol. The Bertz CT molecular complexity index is 786. The van der Waals surface area contributed by atoms with Crippen molar-refractivity contribution in [3.8, 4) is 11.6 Å². The van der Waals surface area contributed by atoms with E-state index in [1.807, 2.05) is 42.6 Å². The van der Waals surface area contributed by atoms with Gasteiger partial charge >= 0.3 is 6.01 Å². The highest BCUT2D eigenvalue weighted by Gasteiger charge is 2.13. The molecule has 1 aromatic carbocycles. The summed E-state index contributed by atoms with van der Waals surface area (Å²) < 4.78 is 5.40. The van der Waals surface area contributed by atoms with E-state index in [-0.39, 0.29) is 11.9 Å². The van der Waals surface area contributed by atoms with Crippen LogP contribution >= 0.6 is 23.1 Å². The minimum absolute atomic E-state index is 0.0976. The molecule has 2 heterocycles. The van der Waals surface area contributed by atoms with Crippen molar-refractivity contribution in [1.82, 2.24) is 15.2 Å². The van der Waals surface area contributed by atoms with Crippen LogP contribution in [0.25, 0.3) is 11.6 Å². The lowest BCUT2D eigenvalue weighted by Crippen LogP contribution is -2.12. The number of rotatable bonds is 6. The Balaban J connectivity index is 1.49. The van der Waals surface area contributed by atoms with Gasteiger partial charge in [-0.25, -0.2) is 4.98 Å². The molecule has 0 radical (unpaired) electrons. The average Bonchev–Trinajstić information content (AvgIpc) is 3.17. The molecule has 6 nitrogen and oxygen atoms in total. The molecular weight excluding hydrogens is 332 g/mol. The summed E-state index contributed by atoms with van der Waals surface area (Å²) in [6, 6.07) is 10.0. The first kappa shape index (κ1) is 15.7. The number of carbonyl (C=O) groups is 1. The Hall–Kier alpha value is -2.19. The van der Waals surface area contributed by atoms with E-state index in [0.717, 1.165) is 9.90 Å². The summed E-state index contributed by atoms with van der Waals surface area (Å²) in [5.74, 6) is 0.837. The number of amides is 1. The van der Waals surface area contributed by atoms with Gasteiger partial charge in [-0.3, -0.25) is 10.1 Å². The van der Waals surface area contributed by atoms with Gasteiger partial charge in [-0.15, -0.1) is 28.2 Å². The van der Waals surface area contributed by atoms with E-state index in [4.69, 9.17) is 4.42 Å². The number of nitrogens with one attached hydrogen (secondary N) is 1. The molecule has 0 unspecified atom stereocenters. The third kappa shape index (κ3) is 4.40. The monoisotopic (exact) mass is 346 g/mol. The predicted octanol–water partition coefficient (Wildman–Crippen LogP) is 3.62. The van der Waals surface area contributed by atoms with Crippen LogP contribution < -0.4 is 5.32 Å². The van der Waals surface area contributed by atoms with Crippen molar-refractivity contribution in [2.75, 3.05) is 11.1 Å². The number of carbonyl (C=O) groups excluding carboxylic acids is 1. The number of hydrogen-bond acceptors (Lipinski definition) is 7. The van der Waals surface area contributed by atoms with Crippen LogP contribution in [0.2, 0.25) is 0 Å². The summed E-state index contributed by atoms with van der Waals surface area (Å²) in [6.07, 6.45) is 0.368. The van der Waals surface area contributed by atoms with E-state index < -0.39 is 0 Å². The minimum atomic E-state index is -0.155. The molecule has 1 N–H and O–H groups in total. The molecule has 23 heavy (non-hydrogen) atoms. The zero-order valence-corrected chi connectivity index (χ0v) is 14.0. The molecule has 3 rings (SSSR count). The third-order valence-electron chi connectivity index (χ3n) is 2.85. The van der Waals surface area contributed by atoms with Gasteiger partial charge in [0.2, 0.25) is 5.91 Å². The topological polar surface area (TPSA) is 80.9 Å². The fourth-order valence-electron chi connectivity index (χ4n) is 1.80. The van der Waals surface area contributed by atoms with E-state index in [0.29, 0.717) is 23.8 Å². The van der Waals surface area contributed by atoms with Crippen molar-refractivity contribution in [1.29, 1.82) is 0 Å². The van der Waals surface area contributed by atoms with Crippen molar-refractivity contribution in [3.05, 3.63) is 40.7 Å². The number of benzene rings is 1. The number of aryl methyl sites for hydroxylation is 1. The van der Waals surface area contributed by atoms with Gasteiger partial charge in [0.25, 0.3) is 5.89 Å². The summed E-state index contributed by atoms with van der Waals surface area (Å²) in [5, 5.41) is 13.1. The molecule has 0 fully saturated rings. The molecule has 8 heteroatoms. The van der Waals surface area contributed by atoms with Gasteiger partial charge < -0.3 is 4.42 Å². The number of anilines is 1. The van der Waals surface area contributed by atoms with Crippen LogP contribution in [0.1, 0.15) is 11.4 Å². The van der Waals surface area contributed by atoms with Gasteiger partial charge in [-0.1, -0.05) is 23.3 Å². The zero-order chi connectivity index (χ0) is 16.1. The molecule has 0 aliphatic carbocycles. The molecule has 0 aliphatic heterocycles. The maximum atomic E-state index is 11.9. The maximum Gasteiger partial charge on any atom is 0.322 e. The first-order chi connectivity index (χ1) is 11.2. The van der Waals surface area contributed by atoms with Gasteiger partial charge in [-0.2, -0.15) is 0 Å². The lowest BCUT2D eigenvalue weighted by molar-refractivity contribution is -0.115. The first-order valence-electron chi connectivity index (χ1n) is 6.94. The molecule has 0 bridgehead atoms. The van der Waals surface area contributed by atoms with Crippen molar-refractivity contribution >= 4 is 35.0 Å². The zero-order valence-electron chi connectivity index (χ0n) is 12.4. The van der Waals surface area contributed by atoms with Gasteiger partial charge in [0.05, 0.1) is 5.01 Å². The lowest BCUT2D eigenvalue weighted by atomic mass is 10.4. The molecule has 0 atom stereocenters. The van der Waals surface area contributed by atoms with Gasteiger partial charge in [0.15, 0.2) is 0 Å². The van der Waals surface area contributed by atoms with Crippen LogP contribution in [0.15, 0.2) is 45.0 Å². The molecule has 0 saturated carbocycles. The summed E-state index contributed by atoms with van der Waals surface area (Å²) in [7, 11) is 0. The van der Waals surface area contributed by atoms with Gasteiger partial charge in [-0.05, 0) is 19.1 Å². The van der Waals surface area contributed by atoms with Crippen LogP contribution in [0.5, 0.6) is 0 Å². The Morgan fingerprint density at radius 3 is 2.87 bits per heavy atom. The van der Waals surface area contributed by atoms with Crippen LogP contribution in [-0.4, -0.2) is 26.8 Å². The molecule has 0 aliphatic rings. The second kappa shape index (κ2) is 7.38. The molecule has 0 saturated heterocycles. The minimum Gasteiger partial charge on any atom is -0.401 e. The smallest absolute Gasteiger partial charge is 0.322 e. The fraction of sp³-hybridized carbons (Fsp3) is 0.200. The Labute approximate surface area is 141 Å². The van der Waals surface area contributed by atoms with Crippen molar-refractivity contribution in [2.24, 2.45) is 0 Å².